The lowest BCUT2D eigenvalue weighted by atomic mass is 9.96. The summed E-state index contributed by atoms with van der Waals surface area (Å²) >= 11 is 0. The summed E-state index contributed by atoms with van der Waals surface area (Å²) in [4.78, 5) is 0. The minimum absolute atomic E-state index is 0.115. The molecule has 4 aromatic carbocycles. The Morgan fingerprint density at radius 1 is 0.756 bits per heavy atom. The van der Waals surface area contributed by atoms with E-state index in [9.17, 15) is 22.7 Å². The SMILES string of the molecule is C=CCCCOc1ccc(-c2ccc(CCc3ccc(-c4ccc(C(O)CCC)cc4)c(F)c3F)cc2)c(F)c1F. The fourth-order valence-corrected chi connectivity index (χ4v) is 4.74. The maximum absolute atomic E-state index is 15.0. The average Bonchev–Trinajstić information content (AvgIpc) is 2.99. The third-order valence-corrected chi connectivity index (χ3v) is 7.14. The van der Waals surface area contributed by atoms with Crippen molar-refractivity contribution in [3.8, 4) is 28.0 Å². The lowest BCUT2D eigenvalue weighted by molar-refractivity contribution is 0.166. The lowest BCUT2D eigenvalue weighted by Gasteiger charge is -2.12. The topological polar surface area (TPSA) is 29.5 Å². The molecule has 41 heavy (non-hydrogen) atoms. The fourth-order valence-electron chi connectivity index (χ4n) is 4.74. The van der Waals surface area contributed by atoms with Gasteiger partial charge in [0.25, 0.3) is 0 Å². The van der Waals surface area contributed by atoms with E-state index < -0.39 is 29.4 Å². The molecule has 0 fully saturated rings. The fraction of sp³-hybridized carbons (Fsp3) is 0.257. The van der Waals surface area contributed by atoms with E-state index in [-0.39, 0.29) is 35.5 Å². The number of benzene rings is 4. The number of aliphatic hydroxyl groups excluding tert-OH is 1. The predicted octanol–water partition coefficient (Wildman–Crippen LogP) is 9.54. The molecule has 4 aromatic rings. The van der Waals surface area contributed by atoms with Crippen molar-refractivity contribution in [1.82, 2.24) is 0 Å². The second-order valence-corrected chi connectivity index (χ2v) is 10.0. The molecule has 0 heterocycles. The third kappa shape index (κ3) is 7.25. The number of halogens is 4. The van der Waals surface area contributed by atoms with E-state index in [1.807, 2.05) is 6.92 Å². The zero-order valence-electron chi connectivity index (χ0n) is 23.1. The van der Waals surface area contributed by atoms with E-state index >= 15 is 0 Å². The van der Waals surface area contributed by atoms with Gasteiger partial charge in [0, 0.05) is 11.1 Å². The lowest BCUT2D eigenvalue weighted by Crippen LogP contribution is -2.01. The summed E-state index contributed by atoms with van der Waals surface area (Å²) in [5, 5.41) is 10.1. The van der Waals surface area contributed by atoms with E-state index in [0.717, 1.165) is 24.0 Å². The Bertz CT molecular complexity index is 1460. The van der Waals surface area contributed by atoms with Crippen LogP contribution in [0.2, 0.25) is 0 Å². The Kier molecular flexibility index (Phi) is 10.4. The number of unbranched alkanes of at least 4 members (excludes halogenated alkanes) is 1. The molecule has 2 nitrogen and oxygen atoms in total. The molecule has 1 atom stereocenters. The van der Waals surface area contributed by atoms with Gasteiger partial charge < -0.3 is 9.84 Å². The van der Waals surface area contributed by atoms with Crippen LogP contribution in [0, 0.1) is 23.3 Å². The number of rotatable bonds is 13. The standard InChI is InChI=1S/C35H34F4O2/c1-3-5-6-22-41-31-21-20-29(34(38)35(31)39)24-11-8-23(9-12-24)10-13-27-18-19-28(33(37)32(27)36)25-14-16-26(17-15-25)30(40)7-4-2/h3,8-9,11-12,14-21,30,40H,1,4-7,10,13,22H2,2H3. The first-order valence-electron chi connectivity index (χ1n) is 13.9. The first-order chi connectivity index (χ1) is 19.8. The molecule has 214 valence electrons. The van der Waals surface area contributed by atoms with Gasteiger partial charge in [-0.05, 0) is 72.1 Å². The van der Waals surface area contributed by atoms with Crippen LogP contribution in [-0.4, -0.2) is 11.7 Å². The summed E-state index contributed by atoms with van der Waals surface area (Å²) in [5.41, 5.74) is 3.15. The van der Waals surface area contributed by atoms with E-state index in [1.165, 1.54) is 12.1 Å². The second kappa shape index (κ2) is 14.1. The molecule has 1 unspecified atom stereocenters. The quantitative estimate of drug-likeness (QED) is 0.0999. The third-order valence-electron chi connectivity index (χ3n) is 7.14. The highest BCUT2D eigenvalue weighted by molar-refractivity contribution is 5.66. The van der Waals surface area contributed by atoms with Gasteiger partial charge in [-0.25, -0.2) is 13.2 Å². The van der Waals surface area contributed by atoms with Crippen LogP contribution in [0.5, 0.6) is 5.75 Å². The van der Waals surface area contributed by atoms with E-state index in [4.69, 9.17) is 4.74 Å². The second-order valence-electron chi connectivity index (χ2n) is 10.0. The molecular formula is C35H34F4O2. The van der Waals surface area contributed by atoms with Crippen molar-refractivity contribution in [2.75, 3.05) is 6.61 Å². The summed E-state index contributed by atoms with van der Waals surface area (Å²) in [6, 6.07) is 19.8. The molecule has 0 aliphatic rings. The highest BCUT2D eigenvalue weighted by Crippen LogP contribution is 2.31. The van der Waals surface area contributed by atoms with Crippen LogP contribution in [-0.2, 0) is 12.8 Å². The number of hydrogen-bond acceptors (Lipinski definition) is 2. The molecule has 0 radical (unpaired) electrons. The van der Waals surface area contributed by atoms with Crippen molar-refractivity contribution < 1.29 is 27.4 Å². The number of aliphatic hydroxyl groups is 1. The van der Waals surface area contributed by atoms with Crippen LogP contribution in [0.15, 0.2) is 85.5 Å². The van der Waals surface area contributed by atoms with E-state index in [1.54, 1.807) is 66.7 Å². The monoisotopic (exact) mass is 562 g/mol. The van der Waals surface area contributed by atoms with Gasteiger partial charge in [-0.3, -0.25) is 0 Å². The number of ether oxygens (including phenoxy) is 1. The molecule has 0 saturated heterocycles. The zero-order chi connectivity index (χ0) is 29.4. The molecule has 0 bridgehead atoms. The van der Waals surface area contributed by atoms with Crippen LogP contribution in [0.4, 0.5) is 17.6 Å². The Balaban J connectivity index is 1.41. The molecule has 4 rings (SSSR count). The van der Waals surface area contributed by atoms with Crippen LogP contribution in [0.1, 0.15) is 55.4 Å². The normalized spacial score (nSPS) is 11.9. The molecule has 1 N–H and O–H groups in total. The minimum Gasteiger partial charge on any atom is -0.490 e. The van der Waals surface area contributed by atoms with E-state index in [0.29, 0.717) is 30.4 Å². The molecule has 0 spiro atoms. The smallest absolute Gasteiger partial charge is 0.201 e. The van der Waals surface area contributed by atoms with Gasteiger partial charge >= 0.3 is 0 Å². The maximum atomic E-state index is 15.0. The summed E-state index contributed by atoms with van der Waals surface area (Å²) in [6.07, 6.45) is 4.72. The maximum Gasteiger partial charge on any atom is 0.201 e. The largest absolute Gasteiger partial charge is 0.490 e. The number of hydrogen-bond donors (Lipinski definition) is 1. The molecule has 0 aliphatic heterocycles. The van der Waals surface area contributed by atoms with Gasteiger partial charge in [0.05, 0.1) is 12.7 Å². The number of allylic oxidation sites excluding steroid dienone is 1. The van der Waals surface area contributed by atoms with Gasteiger partial charge in [0.15, 0.2) is 23.2 Å². The molecule has 0 aromatic heterocycles. The Morgan fingerprint density at radius 3 is 2.00 bits per heavy atom. The van der Waals surface area contributed by atoms with Crippen molar-refractivity contribution in [2.45, 2.75) is 51.6 Å². The Labute approximate surface area is 238 Å². The molecule has 0 saturated carbocycles. The summed E-state index contributed by atoms with van der Waals surface area (Å²) in [5.74, 6) is -3.95. The zero-order valence-corrected chi connectivity index (χ0v) is 23.1. The highest BCUT2D eigenvalue weighted by Gasteiger charge is 2.17. The van der Waals surface area contributed by atoms with Crippen LogP contribution < -0.4 is 4.74 Å². The van der Waals surface area contributed by atoms with Crippen molar-refractivity contribution in [1.29, 1.82) is 0 Å². The van der Waals surface area contributed by atoms with Crippen molar-refractivity contribution >= 4 is 0 Å². The van der Waals surface area contributed by atoms with Crippen LogP contribution >= 0.6 is 0 Å². The van der Waals surface area contributed by atoms with E-state index in [2.05, 4.69) is 6.58 Å². The highest BCUT2D eigenvalue weighted by atomic mass is 19.2. The first-order valence-corrected chi connectivity index (χ1v) is 13.9. The minimum atomic E-state index is -1.03. The Hall–Kier alpha value is -3.90. The average molecular weight is 563 g/mol. The van der Waals surface area contributed by atoms with Crippen LogP contribution in [0.25, 0.3) is 22.3 Å². The Morgan fingerprint density at radius 2 is 1.37 bits per heavy atom. The van der Waals surface area contributed by atoms with Crippen LogP contribution in [0.3, 0.4) is 0 Å². The van der Waals surface area contributed by atoms with Gasteiger partial charge in [0.1, 0.15) is 0 Å². The predicted molar refractivity (Wildman–Crippen MR) is 156 cm³/mol. The van der Waals surface area contributed by atoms with Gasteiger partial charge in [0.2, 0.25) is 5.82 Å². The molecule has 0 amide bonds. The molecule has 6 heteroatoms. The summed E-state index contributed by atoms with van der Waals surface area (Å²) < 4.78 is 64.6. The molecular weight excluding hydrogens is 528 g/mol. The summed E-state index contributed by atoms with van der Waals surface area (Å²) in [7, 11) is 0. The van der Waals surface area contributed by atoms with Gasteiger partial charge in [-0.2, -0.15) is 4.39 Å². The number of aryl methyl sites for hydroxylation is 2. The summed E-state index contributed by atoms with van der Waals surface area (Å²) in [6.45, 7) is 5.87. The van der Waals surface area contributed by atoms with Crippen molar-refractivity contribution in [2.24, 2.45) is 0 Å². The van der Waals surface area contributed by atoms with Gasteiger partial charge in [-0.1, -0.05) is 80.1 Å². The van der Waals surface area contributed by atoms with Crippen molar-refractivity contribution in [3.05, 3.63) is 125 Å². The van der Waals surface area contributed by atoms with Gasteiger partial charge in [-0.15, -0.1) is 6.58 Å². The molecule has 0 aliphatic carbocycles. The van der Waals surface area contributed by atoms with Crippen molar-refractivity contribution in [3.63, 3.8) is 0 Å². The first kappa shape index (κ1) is 30.1.